The lowest BCUT2D eigenvalue weighted by molar-refractivity contribution is -0.131. The van der Waals surface area contributed by atoms with Gasteiger partial charge >= 0.3 is 13.7 Å². The van der Waals surface area contributed by atoms with Gasteiger partial charge in [0.25, 0.3) is 0 Å². The van der Waals surface area contributed by atoms with Gasteiger partial charge in [-0.15, -0.1) is 0 Å². The molecule has 1 aliphatic carbocycles. The van der Waals surface area contributed by atoms with E-state index in [2.05, 4.69) is 16.0 Å². The number of aliphatic hydroxyl groups is 1. The second-order valence-electron chi connectivity index (χ2n) is 13.2. The minimum absolute atomic E-state index is 0.0205. The fraction of sp³-hybridized carbons (Fsp3) is 0.727. The first-order chi connectivity index (χ1) is 21.2. The van der Waals surface area contributed by atoms with E-state index in [4.69, 9.17) is 13.8 Å². The number of hydrogen-bond donors (Lipinski definition) is 4. The second-order valence-corrected chi connectivity index (χ2v) is 15.3. The molecule has 256 valence electrons. The minimum Gasteiger partial charge on any atom is -0.444 e. The zero-order valence-electron chi connectivity index (χ0n) is 28.2. The van der Waals surface area contributed by atoms with Crippen molar-refractivity contribution in [2.24, 2.45) is 11.8 Å². The zero-order valence-corrected chi connectivity index (χ0v) is 29.1. The Morgan fingerprint density at radius 2 is 1.49 bits per heavy atom. The number of amides is 3. The third kappa shape index (κ3) is 13.8. The van der Waals surface area contributed by atoms with Gasteiger partial charge < -0.3 is 34.8 Å². The van der Waals surface area contributed by atoms with Crippen LogP contribution in [0.25, 0.3) is 0 Å². The lowest BCUT2D eigenvalue weighted by Gasteiger charge is -2.34. The standard InChI is InChI=1S/C33H56N3O8P/c1-8-42-45(41,43-9-2)31(39)28(22-25-18-14-11-15-19-25)35-29(37)26(20-23(3)4)34-30(38)27(21-24-16-12-10-13-17-24)36-32(40)44-33(5,6)7/h10,12-13,16-17,23,25-28,31,39H,8-9,11,14-15,18-22H2,1-7H3,(H,34,38)(H,35,37)(H,36,40)/t26-,27-,28-,31?/m0/s1. The van der Waals surface area contributed by atoms with Crippen molar-refractivity contribution < 1.29 is 37.8 Å². The predicted molar refractivity (Wildman–Crippen MR) is 175 cm³/mol. The molecule has 4 atom stereocenters. The topological polar surface area (TPSA) is 152 Å². The number of aliphatic hydroxyl groups excluding tert-OH is 1. The molecule has 11 nitrogen and oxygen atoms in total. The molecule has 0 radical (unpaired) electrons. The zero-order chi connectivity index (χ0) is 33.6. The Morgan fingerprint density at radius 3 is 2.02 bits per heavy atom. The third-order valence-electron chi connectivity index (χ3n) is 7.57. The van der Waals surface area contributed by atoms with Crippen LogP contribution in [-0.4, -0.2) is 65.8 Å². The third-order valence-corrected chi connectivity index (χ3v) is 9.82. The quantitative estimate of drug-likeness (QED) is 0.157. The predicted octanol–water partition coefficient (Wildman–Crippen LogP) is 5.69. The number of alkyl carbamates (subject to hydrolysis) is 1. The van der Waals surface area contributed by atoms with Gasteiger partial charge in [0.15, 0.2) is 5.85 Å². The van der Waals surface area contributed by atoms with Gasteiger partial charge in [-0.1, -0.05) is 76.3 Å². The maximum atomic E-state index is 13.9. The molecule has 0 aromatic heterocycles. The minimum atomic E-state index is -3.97. The van der Waals surface area contributed by atoms with Gasteiger partial charge in [-0.25, -0.2) is 4.79 Å². The Hall–Kier alpha value is -2.46. The molecule has 0 saturated heterocycles. The van der Waals surface area contributed by atoms with Crippen molar-refractivity contribution in [3.63, 3.8) is 0 Å². The molecular formula is C33H56N3O8P. The van der Waals surface area contributed by atoms with Crippen molar-refractivity contribution in [1.82, 2.24) is 16.0 Å². The van der Waals surface area contributed by atoms with E-state index in [0.717, 1.165) is 37.7 Å². The van der Waals surface area contributed by atoms with Crippen LogP contribution in [0, 0.1) is 11.8 Å². The molecule has 0 spiro atoms. The molecule has 1 fully saturated rings. The van der Waals surface area contributed by atoms with Gasteiger partial charge in [0.05, 0.1) is 19.3 Å². The molecule has 0 heterocycles. The molecule has 2 rings (SSSR count). The summed E-state index contributed by atoms with van der Waals surface area (Å²) in [6.07, 6.45) is 5.24. The van der Waals surface area contributed by atoms with Crippen LogP contribution >= 0.6 is 7.60 Å². The molecule has 45 heavy (non-hydrogen) atoms. The highest BCUT2D eigenvalue weighted by atomic mass is 31.2. The molecular weight excluding hydrogens is 597 g/mol. The van der Waals surface area contributed by atoms with Gasteiger partial charge in [0.1, 0.15) is 17.7 Å². The summed E-state index contributed by atoms with van der Waals surface area (Å²) in [5.74, 6) is -2.41. The number of ether oxygens (including phenoxy) is 1. The fourth-order valence-electron chi connectivity index (χ4n) is 5.57. The summed E-state index contributed by atoms with van der Waals surface area (Å²) in [6, 6.07) is 6.30. The number of rotatable bonds is 17. The van der Waals surface area contributed by atoms with Crippen LogP contribution in [0.3, 0.4) is 0 Å². The lowest BCUT2D eigenvalue weighted by atomic mass is 9.85. The molecule has 3 amide bonds. The lowest BCUT2D eigenvalue weighted by Crippen LogP contribution is -2.57. The van der Waals surface area contributed by atoms with Crippen molar-refractivity contribution in [2.75, 3.05) is 13.2 Å². The van der Waals surface area contributed by atoms with Crippen molar-refractivity contribution in [2.45, 2.75) is 129 Å². The maximum Gasteiger partial charge on any atom is 0.408 e. The number of benzene rings is 1. The van der Waals surface area contributed by atoms with Crippen molar-refractivity contribution in [3.8, 4) is 0 Å². The van der Waals surface area contributed by atoms with E-state index < -0.39 is 55.1 Å². The summed E-state index contributed by atoms with van der Waals surface area (Å²) in [5, 5.41) is 19.8. The highest BCUT2D eigenvalue weighted by Crippen LogP contribution is 2.54. The van der Waals surface area contributed by atoms with E-state index >= 15 is 0 Å². The van der Waals surface area contributed by atoms with E-state index in [0.29, 0.717) is 12.8 Å². The van der Waals surface area contributed by atoms with Gasteiger partial charge in [0, 0.05) is 6.42 Å². The first-order valence-electron chi connectivity index (χ1n) is 16.4. The fourth-order valence-corrected chi connectivity index (χ4v) is 7.31. The van der Waals surface area contributed by atoms with Crippen LogP contribution in [0.15, 0.2) is 30.3 Å². The monoisotopic (exact) mass is 653 g/mol. The van der Waals surface area contributed by atoms with Crippen LogP contribution in [0.1, 0.15) is 99.0 Å². The average Bonchev–Trinajstić information content (AvgIpc) is 2.95. The van der Waals surface area contributed by atoms with Gasteiger partial charge in [-0.2, -0.15) is 0 Å². The summed E-state index contributed by atoms with van der Waals surface area (Å²) in [5.41, 5.74) is 0.0472. The Labute approximate surface area is 269 Å². The van der Waals surface area contributed by atoms with E-state index in [9.17, 15) is 24.1 Å². The Balaban J connectivity index is 2.33. The van der Waals surface area contributed by atoms with Crippen molar-refractivity contribution >= 4 is 25.5 Å². The van der Waals surface area contributed by atoms with E-state index in [1.807, 2.05) is 44.2 Å². The summed E-state index contributed by atoms with van der Waals surface area (Å²) >= 11 is 0. The van der Waals surface area contributed by atoms with Crippen LogP contribution in [0.2, 0.25) is 0 Å². The van der Waals surface area contributed by atoms with Crippen LogP contribution in [0.5, 0.6) is 0 Å². The second kappa shape index (κ2) is 18.6. The average molecular weight is 654 g/mol. The van der Waals surface area contributed by atoms with Crippen LogP contribution < -0.4 is 16.0 Å². The number of nitrogens with one attached hydrogen (secondary N) is 3. The summed E-state index contributed by atoms with van der Waals surface area (Å²) in [7, 11) is -3.97. The Morgan fingerprint density at radius 1 is 0.911 bits per heavy atom. The van der Waals surface area contributed by atoms with Crippen LogP contribution in [-0.2, 0) is 34.4 Å². The molecule has 12 heteroatoms. The smallest absolute Gasteiger partial charge is 0.408 e. The number of carbonyl (C=O) groups excluding carboxylic acids is 3. The molecule has 0 bridgehead atoms. The largest absolute Gasteiger partial charge is 0.444 e. The Kier molecular flexibility index (Phi) is 16.0. The number of carbonyl (C=O) groups is 3. The van der Waals surface area contributed by atoms with Gasteiger partial charge in [-0.3, -0.25) is 14.2 Å². The highest BCUT2D eigenvalue weighted by Gasteiger charge is 2.42. The molecule has 1 aromatic rings. The normalized spacial score (nSPS) is 17.2. The van der Waals surface area contributed by atoms with Crippen molar-refractivity contribution in [1.29, 1.82) is 0 Å². The van der Waals surface area contributed by atoms with E-state index in [-0.39, 0.29) is 31.5 Å². The van der Waals surface area contributed by atoms with E-state index in [1.165, 1.54) is 0 Å². The summed E-state index contributed by atoms with van der Waals surface area (Å²) in [6.45, 7) is 12.5. The summed E-state index contributed by atoms with van der Waals surface area (Å²) < 4.78 is 29.9. The van der Waals surface area contributed by atoms with E-state index in [1.54, 1.807) is 34.6 Å². The maximum absolute atomic E-state index is 13.9. The highest BCUT2D eigenvalue weighted by molar-refractivity contribution is 7.54. The van der Waals surface area contributed by atoms with Crippen LogP contribution in [0.4, 0.5) is 4.79 Å². The molecule has 1 saturated carbocycles. The summed E-state index contributed by atoms with van der Waals surface area (Å²) in [4.78, 5) is 40.3. The van der Waals surface area contributed by atoms with Crippen molar-refractivity contribution in [3.05, 3.63) is 35.9 Å². The number of hydrogen-bond acceptors (Lipinski definition) is 8. The molecule has 1 aliphatic rings. The Bertz CT molecular complexity index is 1090. The molecule has 4 N–H and O–H groups in total. The van der Waals surface area contributed by atoms with Gasteiger partial charge in [-0.05, 0) is 64.9 Å². The molecule has 1 unspecified atom stereocenters. The first-order valence-corrected chi connectivity index (χ1v) is 18.0. The molecule has 0 aliphatic heterocycles. The molecule has 1 aromatic carbocycles. The first kappa shape index (κ1) is 38.7. The van der Waals surface area contributed by atoms with Gasteiger partial charge in [0.2, 0.25) is 11.8 Å². The SMILES string of the molecule is CCOP(=O)(OCC)C(O)[C@H](CC1CCCCC1)NC(=O)[C@H](CC(C)C)NC(=O)[C@H](Cc1ccccc1)NC(=O)OC(C)(C)C.